The minimum absolute atomic E-state index is 0.157. The molecule has 0 aliphatic carbocycles. The second-order valence-electron chi connectivity index (χ2n) is 5.81. The Labute approximate surface area is 113 Å². The van der Waals surface area contributed by atoms with Crippen LogP contribution in [0.15, 0.2) is 18.2 Å². The van der Waals surface area contributed by atoms with Gasteiger partial charge in [-0.15, -0.1) is 0 Å². The zero-order valence-corrected chi connectivity index (χ0v) is 12.1. The first-order valence-corrected chi connectivity index (χ1v) is 6.61. The van der Waals surface area contributed by atoms with Crippen LogP contribution in [0.2, 0.25) is 5.02 Å². The lowest BCUT2D eigenvalue weighted by Gasteiger charge is -2.30. The molecule has 0 bridgehead atoms. The van der Waals surface area contributed by atoms with Crippen molar-refractivity contribution < 1.29 is 0 Å². The lowest BCUT2D eigenvalue weighted by atomic mass is 9.81. The molecule has 0 amide bonds. The number of aromatic nitrogens is 2. The Morgan fingerprint density at radius 1 is 1.39 bits per heavy atom. The van der Waals surface area contributed by atoms with E-state index in [0.717, 1.165) is 17.6 Å². The fourth-order valence-corrected chi connectivity index (χ4v) is 2.10. The third-order valence-electron chi connectivity index (χ3n) is 3.89. The van der Waals surface area contributed by atoms with Crippen molar-refractivity contribution in [2.24, 2.45) is 11.3 Å². The normalized spacial score (nSPS) is 12.6. The Morgan fingerprint density at radius 3 is 2.67 bits per heavy atom. The predicted molar refractivity (Wildman–Crippen MR) is 77.8 cm³/mol. The Morgan fingerprint density at radius 2 is 2.06 bits per heavy atom. The number of hydrogen-bond donors (Lipinski definition) is 1. The molecule has 3 nitrogen and oxygen atoms in total. The van der Waals surface area contributed by atoms with Crippen LogP contribution in [0.1, 0.15) is 27.7 Å². The summed E-state index contributed by atoms with van der Waals surface area (Å²) in [7, 11) is 0. The predicted octanol–water partition coefficient (Wildman–Crippen LogP) is 3.95. The summed E-state index contributed by atoms with van der Waals surface area (Å²) in [5.41, 5.74) is 7.98. The van der Waals surface area contributed by atoms with Gasteiger partial charge in [0.1, 0.15) is 5.52 Å². The van der Waals surface area contributed by atoms with Crippen LogP contribution in [0.4, 0.5) is 5.95 Å². The molecule has 0 radical (unpaired) electrons. The van der Waals surface area contributed by atoms with Gasteiger partial charge in [-0.05, 0) is 23.5 Å². The molecule has 2 rings (SSSR count). The minimum Gasteiger partial charge on any atom is -0.369 e. The molecule has 0 aliphatic rings. The summed E-state index contributed by atoms with van der Waals surface area (Å²) in [6, 6.07) is 5.79. The minimum atomic E-state index is 0.157. The van der Waals surface area contributed by atoms with E-state index in [9.17, 15) is 0 Å². The molecule has 1 heterocycles. The van der Waals surface area contributed by atoms with Gasteiger partial charge in [0.05, 0.1) is 10.5 Å². The molecule has 4 heteroatoms. The van der Waals surface area contributed by atoms with E-state index in [1.165, 1.54) is 0 Å². The average Bonchev–Trinajstić information content (AvgIpc) is 2.57. The van der Waals surface area contributed by atoms with Gasteiger partial charge < -0.3 is 10.3 Å². The van der Waals surface area contributed by atoms with E-state index in [1.807, 2.05) is 18.2 Å². The molecule has 18 heavy (non-hydrogen) atoms. The number of fused-ring (bicyclic) bond motifs is 1. The zero-order valence-electron chi connectivity index (χ0n) is 11.4. The van der Waals surface area contributed by atoms with Crippen LogP contribution in [-0.4, -0.2) is 9.55 Å². The van der Waals surface area contributed by atoms with Crippen molar-refractivity contribution in [2.75, 3.05) is 5.73 Å². The van der Waals surface area contributed by atoms with Gasteiger partial charge in [0.15, 0.2) is 0 Å². The molecule has 0 aliphatic heterocycles. The Hall–Kier alpha value is -1.22. The molecule has 0 fully saturated rings. The number of anilines is 1. The second-order valence-corrected chi connectivity index (χ2v) is 6.21. The standard InChI is InChI=1S/C14H20ClN3/c1-9(2)14(3,4)8-18-11-7-5-6-10(15)12(11)17-13(18)16/h5-7,9H,8H2,1-4H3,(H2,16,17). The van der Waals surface area contributed by atoms with Gasteiger partial charge in [-0.25, -0.2) is 4.98 Å². The molecular formula is C14H20ClN3. The Bertz CT molecular complexity index is 570. The molecule has 0 saturated heterocycles. The summed E-state index contributed by atoms with van der Waals surface area (Å²) >= 11 is 6.14. The molecule has 1 aromatic heterocycles. The van der Waals surface area contributed by atoms with E-state index in [0.29, 0.717) is 16.9 Å². The first kappa shape index (κ1) is 13.2. The Kier molecular flexibility index (Phi) is 3.28. The van der Waals surface area contributed by atoms with Crippen LogP contribution in [0.5, 0.6) is 0 Å². The maximum atomic E-state index is 6.14. The molecular weight excluding hydrogens is 246 g/mol. The quantitative estimate of drug-likeness (QED) is 0.913. The van der Waals surface area contributed by atoms with Gasteiger partial charge in [0.25, 0.3) is 0 Å². The highest BCUT2D eigenvalue weighted by Crippen LogP contribution is 2.32. The van der Waals surface area contributed by atoms with E-state index in [4.69, 9.17) is 17.3 Å². The fraction of sp³-hybridized carbons (Fsp3) is 0.500. The first-order valence-electron chi connectivity index (χ1n) is 6.23. The fourth-order valence-electron chi connectivity index (χ4n) is 1.89. The van der Waals surface area contributed by atoms with Gasteiger partial charge in [0.2, 0.25) is 5.95 Å². The number of para-hydroxylation sites is 1. The third-order valence-corrected chi connectivity index (χ3v) is 4.19. The number of nitrogens with zero attached hydrogens (tertiary/aromatic N) is 2. The van der Waals surface area contributed by atoms with Crippen molar-refractivity contribution >= 4 is 28.6 Å². The molecule has 0 unspecified atom stereocenters. The van der Waals surface area contributed by atoms with E-state index in [-0.39, 0.29) is 5.41 Å². The van der Waals surface area contributed by atoms with E-state index in [1.54, 1.807) is 0 Å². The summed E-state index contributed by atoms with van der Waals surface area (Å²) in [4.78, 5) is 4.36. The molecule has 0 spiro atoms. The van der Waals surface area contributed by atoms with Crippen LogP contribution < -0.4 is 5.73 Å². The average molecular weight is 266 g/mol. The smallest absolute Gasteiger partial charge is 0.201 e. The molecule has 1 aromatic carbocycles. The maximum Gasteiger partial charge on any atom is 0.201 e. The number of benzene rings is 1. The maximum absolute atomic E-state index is 6.14. The zero-order chi connectivity index (χ0) is 13.5. The highest BCUT2D eigenvalue weighted by Gasteiger charge is 2.25. The number of nitrogens with two attached hydrogens (primary N) is 1. The topological polar surface area (TPSA) is 43.8 Å². The monoisotopic (exact) mass is 265 g/mol. The van der Waals surface area contributed by atoms with Crippen LogP contribution in [0.3, 0.4) is 0 Å². The van der Waals surface area contributed by atoms with Crippen LogP contribution in [-0.2, 0) is 6.54 Å². The summed E-state index contributed by atoms with van der Waals surface area (Å²) in [5, 5.41) is 0.653. The van der Waals surface area contributed by atoms with Crippen molar-refractivity contribution in [1.29, 1.82) is 0 Å². The lowest BCUT2D eigenvalue weighted by Crippen LogP contribution is -2.26. The van der Waals surface area contributed by atoms with E-state index < -0.39 is 0 Å². The second kappa shape index (κ2) is 4.47. The lowest BCUT2D eigenvalue weighted by molar-refractivity contribution is 0.214. The van der Waals surface area contributed by atoms with Crippen LogP contribution in [0.25, 0.3) is 11.0 Å². The van der Waals surface area contributed by atoms with Gasteiger partial charge in [-0.3, -0.25) is 0 Å². The van der Waals surface area contributed by atoms with Crippen molar-refractivity contribution in [2.45, 2.75) is 34.2 Å². The molecule has 98 valence electrons. The SMILES string of the molecule is CC(C)C(C)(C)Cn1c(N)nc2c(Cl)cccc21. The van der Waals surface area contributed by atoms with Gasteiger partial charge in [-0.2, -0.15) is 0 Å². The summed E-state index contributed by atoms with van der Waals surface area (Å²) < 4.78 is 2.06. The molecule has 0 atom stereocenters. The largest absolute Gasteiger partial charge is 0.369 e. The van der Waals surface area contributed by atoms with Crippen molar-refractivity contribution in [3.63, 3.8) is 0 Å². The third kappa shape index (κ3) is 2.19. The van der Waals surface area contributed by atoms with E-state index in [2.05, 4.69) is 37.2 Å². The highest BCUT2D eigenvalue weighted by molar-refractivity contribution is 6.35. The molecule has 2 aromatic rings. The van der Waals surface area contributed by atoms with Crippen LogP contribution >= 0.6 is 11.6 Å². The number of hydrogen-bond acceptors (Lipinski definition) is 2. The van der Waals surface area contributed by atoms with Gasteiger partial charge in [0, 0.05) is 6.54 Å². The molecule has 0 saturated carbocycles. The number of rotatable bonds is 3. The summed E-state index contributed by atoms with van der Waals surface area (Å²) in [6.45, 7) is 9.78. The molecule has 2 N–H and O–H groups in total. The number of imidazole rings is 1. The van der Waals surface area contributed by atoms with Gasteiger partial charge >= 0.3 is 0 Å². The number of halogens is 1. The van der Waals surface area contributed by atoms with Crippen molar-refractivity contribution in [3.8, 4) is 0 Å². The van der Waals surface area contributed by atoms with Crippen LogP contribution in [0, 0.1) is 11.3 Å². The highest BCUT2D eigenvalue weighted by atomic mass is 35.5. The number of nitrogen functional groups attached to an aromatic ring is 1. The summed E-state index contributed by atoms with van der Waals surface area (Å²) in [5.74, 6) is 1.10. The summed E-state index contributed by atoms with van der Waals surface area (Å²) in [6.07, 6.45) is 0. The first-order chi connectivity index (χ1) is 8.33. The van der Waals surface area contributed by atoms with Crippen molar-refractivity contribution in [3.05, 3.63) is 23.2 Å². The van der Waals surface area contributed by atoms with E-state index >= 15 is 0 Å². The van der Waals surface area contributed by atoms with Crippen molar-refractivity contribution in [1.82, 2.24) is 9.55 Å². The van der Waals surface area contributed by atoms with Gasteiger partial charge in [-0.1, -0.05) is 45.4 Å². The Balaban J connectivity index is 2.52.